The first-order chi connectivity index (χ1) is 5.82. The van der Waals surface area contributed by atoms with Gasteiger partial charge >= 0.3 is 5.97 Å². The fourth-order valence-electron chi connectivity index (χ4n) is 1.07. The third-order valence-electron chi connectivity index (χ3n) is 1.66. The Morgan fingerprint density at radius 3 is 2.31 bits per heavy atom. The molecule has 0 radical (unpaired) electrons. The molecule has 0 saturated heterocycles. The zero-order valence-corrected chi connectivity index (χ0v) is 7.87. The molecule has 0 saturated carbocycles. The minimum absolute atomic E-state index is 0.0834. The van der Waals surface area contributed by atoms with Gasteiger partial charge in [-0.15, -0.1) is 0 Å². The molecule has 0 fully saturated rings. The quantitative estimate of drug-likeness (QED) is 0.643. The van der Waals surface area contributed by atoms with Gasteiger partial charge in [-0.25, -0.2) is 9.80 Å². The molecule has 0 aliphatic carbocycles. The molecule has 0 aromatic rings. The van der Waals surface area contributed by atoms with E-state index in [2.05, 4.69) is 5.10 Å². The highest BCUT2D eigenvalue weighted by Crippen LogP contribution is 2.20. The lowest BCUT2D eigenvalue weighted by Gasteiger charge is -2.27. The van der Waals surface area contributed by atoms with Crippen molar-refractivity contribution in [1.29, 1.82) is 0 Å². The predicted molar refractivity (Wildman–Crippen MR) is 46.3 cm³/mol. The molecule has 0 aromatic heterocycles. The van der Waals surface area contributed by atoms with Gasteiger partial charge in [-0.2, -0.15) is 5.10 Å². The van der Waals surface area contributed by atoms with Gasteiger partial charge in [-0.1, -0.05) is 0 Å². The summed E-state index contributed by atoms with van der Waals surface area (Å²) in [5.74, 6) is -1.38. The Balaban J connectivity index is 2.91. The first-order valence-electron chi connectivity index (χ1n) is 3.96. The monoisotopic (exact) mass is 184 g/mol. The number of carbonyl (C=O) groups excluding carboxylic acids is 1. The van der Waals surface area contributed by atoms with Crippen LogP contribution >= 0.6 is 0 Å². The zero-order chi connectivity index (χ0) is 10.2. The molecule has 13 heavy (non-hydrogen) atoms. The van der Waals surface area contributed by atoms with Crippen LogP contribution in [0, 0.1) is 0 Å². The van der Waals surface area contributed by atoms with E-state index >= 15 is 0 Å². The lowest BCUT2D eigenvalue weighted by atomic mass is 10.1. The van der Waals surface area contributed by atoms with Gasteiger partial charge in [-0.3, -0.25) is 4.79 Å². The molecular weight excluding hydrogens is 172 g/mol. The molecule has 5 heteroatoms. The summed E-state index contributed by atoms with van der Waals surface area (Å²) in [4.78, 5) is 21.8. The van der Waals surface area contributed by atoms with Crippen LogP contribution in [0.3, 0.4) is 0 Å². The van der Waals surface area contributed by atoms with E-state index in [0.717, 1.165) is 0 Å². The van der Waals surface area contributed by atoms with Crippen LogP contribution in [0.2, 0.25) is 0 Å². The summed E-state index contributed by atoms with van der Waals surface area (Å²) >= 11 is 0. The Bertz CT molecular complexity index is 288. The summed E-state index contributed by atoms with van der Waals surface area (Å²) in [6, 6.07) is 0. The number of carboxylic acids is 1. The van der Waals surface area contributed by atoms with Crippen molar-refractivity contribution in [2.75, 3.05) is 0 Å². The van der Waals surface area contributed by atoms with Crippen molar-refractivity contribution in [1.82, 2.24) is 5.01 Å². The smallest absolute Gasteiger partial charge is 0.352 e. The molecule has 0 aromatic carbocycles. The van der Waals surface area contributed by atoms with Crippen molar-refractivity contribution >= 4 is 17.6 Å². The normalized spacial score (nSPS) is 17.6. The van der Waals surface area contributed by atoms with E-state index in [9.17, 15) is 9.59 Å². The van der Waals surface area contributed by atoms with Crippen LogP contribution < -0.4 is 0 Å². The number of rotatable bonds is 1. The van der Waals surface area contributed by atoms with Crippen molar-refractivity contribution in [3.05, 3.63) is 0 Å². The van der Waals surface area contributed by atoms with Gasteiger partial charge in [0.05, 0.1) is 12.0 Å². The van der Waals surface area contributed by atoms with Gasteiger partial charge < -0.3 is 5.11 Å². The first kappa shape index (κ1) is 9.70. The molecule has 0 atom stereocenters. The fourth-order valence-corrected chi connectivity index (χ4v) is 1.07. The number of nitrogens with zero attached hydrogens (tertiary/aromatic N) is 2. The Hall–Kier alpha value is -1.39. The van der Waals surface area contributed by atoms with Gasteiger partial charge in [0.25, 0.3) is 0 Å². The molecule has 1 amide bonds. The molecule has 0 unspecified atom stereocenters. The molecule has 0 bridgehead atoms. The number of amides is 1. The summed E-state index contributed by atoms with van der Waals surface area (Å²) in [5, 5.41) is 13.6. The highest BCUT2D eigenvalue weighted by atomic mass is 16.4. The average molecular weight is 184 g/mol. The number of carboxylic acid groups (broad SMARTS) is 1. The van der Waals surface area contributed by atoms with Gasteiger partial charge in [0.15, 0.2) is 5.71 Å². The summed E-state index contributed by atoms with van der Waals surface area (Å²) in [6.07, 6.45) is -0.105. The molecule has 5 nitrogen and oxygen atoms in total. The highest BCUT2D eigenvalue weighted by molar-refractivity contribution is 6.40. The molecule has 1 N–H and O–H groups in total. The summed E-state index contributed by atoms with van der Waals surface area (Å²) in [5.41, 5.74) is -0.534. The van der Waals surface area contributed by atoms with Crippen LogP contribution in [0.5, 0.6) is 0 Å². The molecule has 1 heterocycles. The average Bonchev–Trinajstić information content (AvgIpc) is 2.29. The highest BCUT2D eigenvalue weighted by Gasteiger charge is 2.34. The Labute approximate surface area is 76.0 Å². The van der Waals surface area contributed by atoms with Crippen LogP contribution in [-0.2, 0) is 9.59 Å². The van der Waals surface area contributed by atoms with Gasteiger partial charge in [0.2, 0.25) is 5.91 Å². The topological polar surface area (TPSA) is 70.0 Å². The second-order valence-electron chi connectivity index (χ2n) is 3.90. The molecule has 0 spiro atoms. The Kier molecular flexibility index (Phi) is 2.11. The minimum atomic E-state index is -1.12. The lowest BCUT2D eigenvalue weighted by Crippen LogP contribution is -2.38. The number of hydrazone groups is 1. The number of hydrogen-bond donors (Lipinski definition) is 1. The van der Waals surface area contributed by atoms with Gasteiger partial charge in [0.1, 0.15) is 0 Å². The standard InChI is InChI=1S/C8H12N2O3/c1-8(2,3)10-6(11)4-5(9-10)7(12)13/h4H2,1-3H3,(H,12,13). The Morgan fingerprint density at radius 1 is 1.54 bits per heavy atom. The number of aliphatic carboxylic acids is 1. The van der Waals surface area contributed by atoms with Crippen LogP contribution in [0.1, 0.15) is 27.2 Å². The van der Waals surface area contributed by atoms with Crippen molar-refractivity contribution < 1.29 is 14.7 Å². The second-order valence-corrected chi connectivity index (χ2v) is 3.90. The molecule has 1 aliphatic rings. The fraction of sp³-hybridized carbons (Fsp3) is 0.625. The lowest BCUT2D eigenvalue weighted by molar-refractivity contribution is -0.133. The summed E-state index contributed by atoms with van der Waals surface area (Å²) in [6.45, 7) is 5.41. The van der Waals surface area contributed by atoms with Crippen LogP contribution in [-0.4, -0.2) is 33.2 Å². The van der Waals surface area contributed by atoms with Crippen LogP contribution in [0.25, 0.3) is 0 Å². The SMILES string of the molecule is CC(C)(C)N1N=C(C(=O)O)CC1=O. The maximum absolute atomic E-state index is 11.3. The summed E-state index contributed by atoms with van der Waals surface area (Å²) in [7, 11) is 0. The summed E-state index contributed by atoms with van der Waals surface area (Å²) < 4.78 is 0. The van der Waals surface area contributed by atoms with E-state index in [1.165, 1.54) is 5.01 Å². The largest absolute Gasteiger partial charge is 0.477 e. The first-order valence-corrected chi connectivity index (χ1v) is 3.96. The van der Waals surface area contributed by atoms with E-state index in [4.69, 9.17) is 5.11 Å². The van der Waals surface area contributed by atoms with Gasteiger partial charge in [-0.05, 0) is 20.8 Å². The second kappa shape index (κ2) is 2.83. The predicted octanol–water partition coefficient (Wildman–Crippen LogP) is 0.458. The van der Waals surface area contributed by atoms with Crippen molar-refractivity contribution in [3.8, 4) is 0 Å². The molecule has 1 aliphatic heterocycles. The molecule has 72 valence electrons. The van der Waals surface area contributed by atoms with Crippen molar-refractivity contribution in [3.63, 3.8) is 0 Å². The third kappa shape index (κ3) is 1.85. The van der Waals surface area contributed by atoms with Crippen LogP contribution in [0.15, 0.2) is 5.10 Å². The Morgan fingerprint density at radius 2 is 2.08 bits per heavy atom. The van der Waals surface area contributed by atoms with E-state index in [-0.39, 0.29) is 18.0 Å². The van der Waals surface area contributed by atoms with Crippen LogP contribution in [0.4, 0.5) is 0 Å². The van der Waals surface area contributed by atoms with Gasteiger partial charge in [0, 0.05) is 0 Å². The molecular formula is C8H12N2O3. The maximum atomic E-state index is 11.3. The van der Waals surface area contributed by atoms with Crippen molar-refractivity contribution in [2.45, 2.75) is 32.7 Å². The van der Waals surface area contributed by atoms with E-state index in [1.807, 2.05) is 0 Å². The zero-order valence-electron chi connectivity index (χ0n) is 7.87. The van der Waals surface area contributed by atoms with E-state index < -0.39 is 11.5 Å². The van der Waals surface area contributed by atoms with E-state index in [0.29, 0.717) is 0 Å². The number of carbonyl (C=O) groups is 2. The maximum Gasteiger partial charge on any atom is 0.352 e. The van der Waals surface area contributed by atoms with E-state index in [1.54, 1.807) is 20.8 Å². The molecule has 1 rings (SSSR count). The third-order valence-corrected chi connectivity index (χ3v) is 1.66. The minimum Gasteiger partial charge on any atom is -0.477 e. The van der Waals surface area contributed by atoms with Crippen molar-refractivity contribution in [2.24, 2.45) is 5.10 Å². The number of hydrogen-bond acceptors (Lipinski definition) is 3.